The van der Waals surface area contributed by atoms with Crippen LogP contribution < -0.4 is 20.1 Å². The number of aromatic nitrogens is 1. The summed E-state index contributed by atoms with van der Waals surface area (Å²) >= 11 is 5.82. The predicted molar refractivity (Wildman–Crippen MR) is 122 cm³/mol. The van der Waals surface area contributed by atoms with Gasteiger partial charge in [-0.2, -0.15) is 0 Å². The molecule has 3 aromatic rings. The lowest BCUT2D eigenvalue weighted by atomic mass is 10.2. The Morgan fingerprint density at radius 1 is 0.844 bits per heavy atom. The Bertz CT molecular complexity index is 1040. The fourth-order valence-electron chi connectivity index (χ4n) is 2.83. The maximum Gasteiger partial charge on any atom is 0.251 e. The molecule has 7 nitrogen and oxygen atoms in total. The summed E-state index contributed by atoms with van der Waals surface area (Å²) in [4.78, 5) is 28.6. The smallest absolute Gasteiger partial charge is 0.251 e. The number of carbonyl (C=O) groups is 2. The monoisotopic (exact) mass is 453 g/mol. The molecule has 1 heterocycles. The van der Waals surface area contributed by atoms with E-state index in [-0.39, 0.29) is 18.4 Å². The SMILES string of the molecule is CCOc1cc(C(=O)NCCNC(=O)c2ccc(Cl)cc2)ccc1OCc1ccncc1. The zero-order chi connectivity index (χ0) is 22.8. The second-order valence-electron chi connectivity index (χ2n) is 6.76. The molecular weight excluding hydrogens is 430 g/mol. The van der Waals surface area contributed by atoms with Crippen LogP contribution in [0.4, 0.5) is 0 Å². The predicted octanol–water partition coefficient (Wildman–Crippen LogP) is 3.87. The van der Waals surface area contributed by atoms with Crippen molar-refractivity contribution in [1.82, 2.24) is 15.6 Å². The summed E-state index contributed by atoms with van der Waals surface area (Å²) in [6, 6.07) is 15.4. The molecule has 0 saturated carbocycles. The molecule has 2 aromatic carbocycles. The Kier molecular flexibility index (Phi) is 8.45. The molecule has 0 atom stereocenters. The normalized spacial score (nSPS) is 10.3. The summed E-state index contributed by atoms with van der Waals surface area (Å²) in [6.07, 6.45) is 3.40. The van der Waals surface area contributed by atoms with Crippen LogP contribution in [0, 0.1) is 0 Å². The van der Waals surface area contributed by atoms with Gasteiger partial charge in [0.25, 0.3) is 11.8 Å². The average Bonchev–Trinajstić information content (AvgIpc) is 2.82. The van der Waals surface area contributed by atoms with Crippen LogP contribution in [-0.4, -0.2) is 36.5 Å². The van der Waals surface area contributed by atoms with Crippen molar-refractivity contribution >= 4 is 23.4 Å². The van der Waals surface area contributed by atoms with Gasteiger partial charge in [-0.25, -0.2) is 0 Å². The number of halogens is 1. The fourth-order valence-corrected chi connectivity index (χ4v) is 2.96. The molecule has 0 aliphatic heterocycles. The molecule has 0 unspecified atom stereocenters. The van der Waals surface area contributed by atoms with Crippen LogP contribution in [0.2, 0.25) is 5.02 Å². The molecule has 0 saturated heterocycles. The minimum atomic E-state index is -0.271. The van der Waals surface area contributed by atoms with Crippen LogP contribution in [-0.2, 0) is 6.61 Å². The third-order valence-corrected chi connectivity index (χ3v) is 4.70. The zero-order valence-electron chi connectivity index (χ0n) is 17.6. The van der Waals surface area contributed by atoms with E-state index in [1.807, 2.05) is 19.1 Å². The standard InChI is InChI=1S/C24H24ClN3O4/c1-2-31-22-15-19(5-8-21(22)32-16-17-9-11-26-12-10-17)24(30)28-14-13-27-23(29)18-3-6-20(25)7-4-18/h3-12,15H,2,13-14,16H2,1H3,(H,27,29)(H,28,30). The molecular formula is C24H24ClN3O4. The Morgan fingerprint density at radius 3 is 2.12 bits per heavy atom. The highest BCUT2D eigenvalue weighted by atomic mass is 35.5. The average molecular weight is 454 g/mol. The summed E-state index contributed by atoms with van der Waals surface area (Å²) in [6.45, 7) is 3.23. The number of rotatable bonds is 10. The summed E-state index contributed by atoms with van der Waals surface area (Å²) < 4.78 is 11.5. The lowest BCUT2D eigenvalue weighted by Gasteiger charge is -2.14. The van der Waals surface area contributed by atoms with Gasteiger partial charge in [-0.15, -0.1) is 0 Å². The molecule has 1 aromatic heterocycles. The van der Waals surface area contributed by atoms with Crippen molar-refractivity contribution in [3.05, 3.63) is 88.7 Å². The van der Waals surface area contributed by atoms with Crippen molar-refractivity contribution in [2.24, 2.45) is 0 Å². The number of ether oxygens (including phenoxy) is 2. The number of nitrogens with one attached hydrogen (secondary N) is 2. The van der Waals surface area contributed by atoms with Crippen molar-refractivity contribution in [2.75, 3.05) is 19.7 Å². The highest BCUT2D eigenvalue weighted by Gasteiger charge is 2.12. The van der Waals surface area contributed by atoms with E-state index < -0.39 is 0 Å². The Labute approximate surface area is 191 Å². The molecule has 0 aliphatic rings. The second kappa shape index (κ2) is 11.7. The molecule has 2 amide bonds. The number of hydrogen-bond acceptors (Lipinski definition) is 5. The van der Waals surface area contributed by atoms with Crippen molar-refractivity contribution in [1.29, 1.82) is 0 Å². The van der Waals surface area contributed by atoms with Gasteiger partial charge in [-0.1, -0.05) is 11.6 Å². The first-order chi connectivity index (χ1) is 15.6. The van der Waals surface area contributed by atoms with Crippen LogP contribution in [0.25, 0.3) is 0 Å². The largest absolute Gasteiger partial charge is 0.490 e. The summed E-state index contributed by atoms with van der Waals surface area (Å²) in [5.41, 5.74) is 1.92. The minimum Gasteiger partial charge on any atom is -0.490 e. The Balaban J connectivity index is 1.52. The van der Waals surface area contributed by atoms with Gasteiger partial charge < -0.3 is 20.1 Å². The molecule has 0 aliphatic carbocycles. The lowest BCUT2D eigenvalue weighted by molar-refractivity contribution is 0.0927. The van der Waals surface area contributed by atoms with Crippen LogP contribution in [0.1, 0.15) is 33.2 Å². The fraction of sp³-hybridized carbons (Fsp3) is 0.208. The van der Waals surface area contributed by atoms with Gasteiger partial charge in [0, 0.05) is 41.6 Å². The van der Waals surface area contributed by atoms with Crippen LogP contribution >= 0.6 is 11.6 Å². The second-order valence-corrected chi connectivity index (χ2v) is 7.19. The van der Waals surface area contributed by atoms with E-state index >= 15 is 0 Å². The molecule has 0 fully saturated rings. The first kappa shape index (κ1) is 23.1. The maximum atomic E-state index is 12.5. The first-order valence-electron chi connectivity index (χ1n) is 10.2. The molecule has 0 bridgehead atoms. The minimum absolute atomic E-state index is 0.231. The van der Waals surface area contributed by atoms with Crippen LogP contribution in [0.15, 0.2) is 67.0 Å². The highest BCUT2D eigenvalue weighted by molar-refractivity contribution is 6.30. The van der Waals surface area contributed by atoms with Crippen LogP contribution in [0.5, 0.6) is 11.5 Å². The number of amides is 2. The molecule has 166 valence electrons. The van der Waals surface area contributed by atoms with E-state index in [9.17, 15) is 9.59 Å². The summed E-state index contributed by atoms with van der Waals surface area (Å²) in [5.74, 6) is 0.540. The van der Waals surface area contributed by atoms with Gasteiger partial charge in [0.2, 0.25) is 0 Å². The molecule has 32 heavy (non-hydrogen) atoms. The Morgan fingerprint density at radius 2 is 1.47 bits per heavy atom. The molecule has 2 N–H and O–H groups in total. The van der Waals surface area contributed by atoms with Crippen LogP contribution in [0.3, 0.4) is 0 Å². The van der Waals surface area contributed by atoms with E-state index in [0.29, 0.717) is 47.4 Å². The van der Waals surface area contributed by atoms with Crippen molar-refractivity contribution in [3.8, 4) is 11.5 Å². The lowest BCUT2D eigenvalue weighted by Crippen LogP contribution is -2.34. The van der Waals surface area contributed by atoms with E-state index in [4.69, 9.17) is 21.1 Å². The van der Waals surface area contributed by atoms with E-state index in [2.05, 4.69) is 15.6 Å². The van der Waals surface area contributed by atoms with Crippen molar-refractivity contribution in [3.63, 3.8) is 0 Å². The highest BCUT2D eigenvalue weighted by Crippen LogP contribution is 2.29. The number of pyridine rings is 1. The molecule has 0 radical (unpaired) electrons. The molecule has 0 spiro atoms. The number of carbonyl (C=O) groups excluding carboxylic acids is 2. The summed E-state index contributed by atoms with van der Waals surface area (Å²) in [5, 5.41) is 6.10. The molecule has 8 heteroatoms. The topological polar surface area (TPSA) is 89.6 Å². The van der Waals surface area contributed by atoms with Gasteiger partial charge in [0.1, 0.15) is 6.61 Å². The summed E-state index contributed by atoms with van der Waals surface area (Å²) in [7, 11) is 0. The van der Waals surface area contributed by atoms with Gasteiger partial charge >= 0.3 is 0 Å². The Hall–Kier alpha value is -3.58. The van der Waals surface area contributed by atoms with Gasteiger partial charge in [-0.3, -0.25) is 14.6 Å². The maximum absolute atomic E-state index is 12.5. The first-order valence-corrected chi connectivity index (χ1v) is 10.5. The van der Waals surface area contributed by atoms with Crippen molar-refractivity contribution in [2.45, 2.75) is 13.5 Å². The zero-order valence-corrected chi connectivity index (χ0v) is 18.4. The third-order valence-electron chi connectivity index (χ3n) is 4.45. The third kappa shape index (κ3) is 6.72. The quantitative estimate of drug-likeness (QED) is 0.455. The number of benzene rings is 2. The van der Waals surface area contributed by atoms with E-state index in [1.165, 1.54) is 0 Å². The van der Waals surface area contributed by atoms with Crippen molar-refractivity contribution < 1.29 is 19.1 Å². The van der Waals surface area contributed by atoms with Gasteiger partial charge in [0.15, 0.2) is 11.5 Å². The number of nitrogens with zero attached hydrogens (tertiary/aromatic N) is 1. The van der Waals surface area contributed by atoms with Gasteiger partial charge in [0.05, 0.1) is 6.61 Å². The molecule has 3 rings (SSSR count). The number of hydrogen-bond donors (Lipinski definition) is 2. The van der Waals surface area contributed by atoms with Gasteiger partial charge in [-0.05, 0) is 67.1 Å². The van der Waals surface area contributed by atoms with E-state index in [1.54, 1.807) is 54.9 Å². The van der Waals surface area contributed by atoms with E-state index in [0.717, 1.165) is 5.56 Å².